The van der Waals surface area contributed by atoms with Gasteiger partial charge in [0.05, 0.1) is 12.1 Å². The molecule has 4 amide bonds. The predicted octanol–water partition coefficient (Wildman–Crippen LogP) is 2.89. The summed E-state index contributed by atoms with van der Waals surface area (Å²) in [6, 6.07) is 18.7. The molecule has 9 heteroatoms. The molecule has 36 heavy (non-hydrogen) atoms. The van der Waals surface area contributed by atoms with E-state index in [4.69, 9.17) is 9.47 Å². The van der Waals surface area contributed by atoms with Crippen molar-refractivity contribution in [3.05, 3.63) is 89.5 Å². The molecule has 0 aromatic heterocycles. The molecule has 0 bridgehead atoms. The van der Waals surface area contributed by atoms with Crippen molar-refractivity contribution >= 4 is 29.3 Å². The first-order valence-corrected chi connectivity index (χ1v) is 11.4. The highest BCUT2D eigenvalue weighted by Gasteiger charge is 2.45. The molecule has 1 unspecified atom stereocenters. The molecule has 2 aliphatic heterocycles. The van der Waals surface area contributed by atoms with Crippen LogP contribution in [0.25, 0.3) is 0 Å². The van der Waals surface area contributed by atoms with E-state index in [0.717, 1.165) is 15.5 Å². The summed E-state index contributed by atoms with van der Waals surface area (Å²) < 4.78 is 11.1. The highest BCUT2D eigenvalue weighted by molar-refractivity contribution is 6.23. The molecular formula is C27H23N3O6. The van der Waals surface area contributed by atoms with Gasteiger partial charge in [-0.1, -0.05) is 35.9 Å². The molecule has 1 N–H and O–H groups in total. The third-order valence-corrected chi connectivity index (χ3v) is 5.96. The van der Waals surface area contributed by atoms with E-state index in [2.05, 4.69) is 5.43 Å². The Hall–Kier alpha value is -4.66. The number of aryl methyl sites for hydroxylation is 1. The van der Waals surface area contributed by atoms with Crippen LogP contribution in [-0.2, 0) is 9.59 Å². The fourth-order valence-electron chi connectivity index (χ4n) is 4.21. The summed E-state index contributed by atoms with van der Waals surface area (Å²) in [7, 11) is 0. The van der Waals surface area contributed by atoms with Gasteiger partial charge in [0.2, 0.25) is 5.91 Å². The molecule has 5 rings (SSSR count). The zero-order valence-electron chi connectivity index (χ0n) is 19.5. The molecule has 2 heterocycles. The quantitative estimate of drug-likeness (QED) is 0.450. The van der Waals surface area contributed by atoms with Crippen molar-refractivity contribution in [1.82, 2.24) is 10.4 Å². The third-order valence-electron chi connectivity index (χ3n) is 5.96. The maximum atomic E-state index is 13.5. The lowest BCUT2D eigenvalue weighted by atomic mass is 10.1. The normalized spacial score (nSPS) is 16.6. The van der Waals surface area contributed by atoms with Crippen LogP contribution in [0, 0.1) is 6.92 Å². The lowest BCUT2D eigenvalue weighted by Gasteiger charge is -2.28. The van der Waals surface area contributed by atoms with Gasteiger partial charge in [0.25, 0.3) is 17.7 Å². The number of carbonyl (C=O) groups is 4. The monoisotopic (exact) mass is 485 g/mol. The van der Waals surface area contributed by atoms with Crippen molar-refractivity contribution < 1.29 is 28.7 Å². The number of hydrazine groups is 1. The average molecular weight is 485 g/mol. The van der Waals surface area contributed by atoms with E-state index in [9.17, 15) is 19.2 Å². The number of ether oxygens (including phenoxy) is 2. The summed E-state index contributed by atoms with van der Waals surface area (Å²) in [5.74, 6) is -1.36. The summed E-state index contributed by atoms with van der Waals surface area (Å²) in [5.41, 5.74) is 4.29. The van der Waals surface area contributed by atoms with Crippen molar-refractivity contribution in [2.75, 3.05) is 18.1 Å². The van der Waals surface area contributed by atoms with Gasteiger partial charge in [0.1, 0.15) is 19.3 Å². The lowest BCUT2D eigenvalue weighted by molar-refractivity contribution is -0.122. The van der Waals surface area contributed by atoms with E-state index >= 15 is 0 Å². The van der Waals surface area contributed by atoms with Crippen LogP contribution in [0.2, 0.25) is 0 Å². The smallest absolute Gasteiger partial charge is 0.273 e. The Bertz CT molecular complexity index is 1360. The van der Waals surface area contributed by atoms with E-state index in [1.54, 1.807) is 66.7 Å². The van der Waals surface area contributed by atoms with Gasteiger partial charge in [-0.25, -0.2) is 9.91 Å². The minimum atomic E-state index is -1.23. The minimum absolute atomic E-state index is 0.279. The number of nitrogens with zero attached hydrogens (tertiary/aromatic N) is 2. The molecule has 1 fully saturated rings. The largest absolute Gasteiger partial charge is 0.486 e. The molecular weight excluding hydrogens is 462 g/mol. The van der Waals surface area contributed by atoms with Crippen LogP contribution in [0.5, 0.6) is 11.5 Å². The second kappa shape index (κ2) is 9.53. The molecule has 2 aliphatic rings. The molecule has 182 valence electrons. The summed E-state index contributed by atoms with van der Waals surface area (Å²) in [6.45, 7) is 2.59. The first kappa shape index (κ1) is 23.1. The van der Waals surface area contributed by atoms with Crippen LogP contribution in [-0.4, -0.2) is 47.9 Å². The lowest BCUT2D eigenvalue weighted by Crippen LogP contribution is -2.54. The van der Waals surface area contributed by atoms with Crippen LogP contribution >= 0.6 is 0 Å². The van der Waals surface area contributed by atoms with Gasteiger partial charge in [-0.2, -0.15) is 0 Å². The number of imide groups is 1. The Balaban J connectivity index is 1.47. The first-order valence-electron chi connectivity index (χ1n) is 11.4. The molecule has 0 saturated carbocycles. The second-order valence-electron chi connectivity index (χ2n) is 8.47. The fraction of sp³-hybridized carbons (Fsp3) is 0.185. The number of benzene rings is 3. The predicted molar refractivity (Wildman–Crippen MR) is 130 cm³/mol. The number of hydrogen-bond acceptors (Lipinski definition) is 6. The molecule has 1 saturated heterocycles. The number of fused-ring (bicyclic) bond motifs is 1. The minimum Gasteiger partial charge on any atom is -0.486 e. The molecule has 0 spiro atoms. The zero-order chi connectivity index (χ0) is 25.2. The number of rotatable bonds is 4. The Labute approximate surface area is 207 Å². The first-order chi connectivity index (χ1) is 17.4. The van der Waals surface area contributed by atoms with Crippen LogP contribution in [0.1, 0.15) is 32.7 Å². The van der Waals surface area contributed by atoms with Gasteiger partial charge in [-0.05, 0) is 43.3 Å². The van der Waals surface area contributed by atoms with E-state index in [0.29, 0.717) is 36.0 Å². The molecule has 0 radical (unpaired) electrons. The van der Waals surface area contributed by atoms with Gasteiger partial charge in [-0.15, -0.1) is 0 Å². The summed E-state index contributed by atoms with van der Waals surface area (Å²) in [6.07, 6.45) is -0.292. The maximum Gasteiger partial charge on any atom is 0.273 e. The van der Waals surface area contributed by atoms with E-state index in [1.807, 2.05) is 13.0 Å². The number of carbonyl (C=O) groups excluding carboxylic acids is 4. The summed E-state index contributed by atoms with van der Waals surface area (Å²) in [5, 5.41) is 0.961. The summed E-state index contributed by atoms with van der Waals surface area (Å²) in [4.78, 5) is 54.1. The molecule has 3 aromatic carbocycles. The number of nitrogens with one attached hydrogen (secondary N) is 1. The van der Waals surface area contributed by atoms with Gasteiger partial charge < -0.3 is 9.47 Å². The third kappa shape index (κ3) is 4.38. The van der Waals surface area contributed by atoms with E-state index < -0.39 is 29.7 Å². The fourth-order valence-corrected chi connectivity index (χ4v) is 4.21. The highest BCUT2D eigenvalue weighted by Crippen LogP contribution is 2.36. The molecule has 9 nitrogen and oxygen atoms in total. The van der Waals surface area contributed by atoms with Crippen molar-refractivity contribution in [2.45, 2.75) is 19.4 Å². The van der Waals surface area contributed by atoms with E-state index in [-0.39, 0.29) is 12.0 Å². The Kier molecular flexibility index (Phi) is 6.12. The van der Waals surface area contributed by atoms with Gasteiger partial charge >= 0.3 is 0 Å². The average Bonchev–Trinajstić information content (AvgIpc) is 3.20. The highest BCUT2D eigenvalue weighted by atomic mass is 16.6. The van der Waals surface area contributed by atoms with Crippen LogP contribution in [0.4, 0.5) is 5.69 Å². The summed E-state index contributed by atoms with van der Waals surface area (Å²) >= 11 is 0. The van der Waals surface area contributed by atoms with Gasteiger partial charge in [-0.3, -0.25) is 24.6 Å². The molecule has 3 aromatic rings. The maximum absolute atomic E-state index is 13.5. The van der Waals surface area contributed by atoms with Crippen molar-refractivity contribution in [2.24, 2.45) is 0 Å². The van der Waals surface area contributed by atoms with Crippen molar-refractivity contribution in [3.63, 3.8) is 0 Å². The number of amides is 4. The van der Waals surface area contributed by atoms with Crippen LogP contribution < -0.4 is 19.8 Å². The van der Waals surface area contributed by atoms with Gasteiger partial charge in [0.15, 0.2) is 11.5 Å². The Morgan fingerprint density at radius 3 is 2.36 bits per heavy atom. The van der Waals surface area contributed by atoms with Crippen LogP contribution in [0.3, 0.4) is 0 Å². The number of hydrogen-bond donors (Lipinski definition) is 1. The van der Waals surface area contributed by atoms with Gasteiger partial charge in [0, 0.05) is 17.2 Å². The Morgan fingerprint density at radius 2 is 1.61 bits per heavy atom. The molecule has 1 atom stereocenters. The SMILES string of the molecule is Cc1cccc(C(=O)N(NC(=O)c2ccccc2)C2CC(=O)N(c3ccc4c(c3)OCCO4)C2=O)c1. The molecule has 0 aliphatic carbocycles. The van der Waals surface area contributed by atoms with Crippen molar-refractivity contribution in [1.29, 1.82) is 0 Å². The van der Waals surface area contributed by atoms with Crippen LogP contribution in [0.15, 0.2) is 72.8 Å². The van der Waals surface area contributed by atoms with E-state index in [1.165, 1.54) is 0 Å². The van der Waals surface area contributed by atoms with Crippen molar-refractivity contribution in [3.8, 4) is 11.5 Å². The number of anilines is 1. The topological polar surface area (TPSA) is 105 Å². The zero-order valence-corrected chi connectivity index (χ0v) is 19.5. The second-order valence-corrected chi connectivity index (χ2v) is 8.47. The standard InChI is InChI=1S/C27H23N3O6/c1-17-6-5-9-19(14-17)26(33)30(28-25(32)18-7-3-2-4-8-18)21-16-24(31)29(27(21)34)20-10-11-22-23(15-20)36-13-12-35-22/h2-11,14-15,21H,12-13,16H2,1H3,(H,28,32). The Morgan fingerprint density at radius 1 is 0.889 bits per heavy atom.